The lowest BCUT2D eigenvalue weighted by atomic mass is 9.86. The topological polar surface area (TPSA) is 20.3 Å². The Morgan fingerprint density at radius 2 is 2.16 bits per heavy atom. The standard InChI is InChI=1S/C15H19BrClNO/c1-10-4-3-5-12(8-10)18(2)15(19)13-9-11(17)6-7-14(13)16/h6-7,9-10,12H,3-5,8H2,1-2H3. The van der Waals surface area contributed by atoms with E-state index in [0.29, 0.717) is 22.5 Å². The van der Waals surface area contributed by atoms with Crippen LogP contribution in [0.2, 0.25) is 5.02 Å². The maximum atomic E-state index is 12.6. The zero-order valence-corrected chi connectivity index (χ0v) is 13.7. The van der Waals surface area contributed by atoms with Crippen LogP contribution in [0.3, 0.4) is 0 Å². The fourth-order valence-electron chi connectivity index (χ4n) is 2.77. The van der Waals surface area contributed by atoms with Gasteiger partial charge in [0.25, 0.3) is 5.91 Å². The number of carbonyl (C=O) groups is 1. The lowest BCUT2D eigenvalue weighted by Crippen LogP contribution is -2.40. The predicted molar refractivity (Wildman–Crippen MR) is 82.7 cm³/mol. The molecule has 2 nitrogen and oxygen atoms in total. The van der Waals surface area contributed by atoms with Gasteiger partial charge in [0.05, 0.1) is 5.56 Å². The van der Waals surface area contributed by atoms with Gasteiger partial charge < -0.3 is 4.90 Å². The summed E-state index contributed by atoms with van der Waals surface area (Å²) in [5.41, 5.74) is 0.647. The second kappa shape index (κ2) is 6.27. The third-order valence-corrected chi connectivity index (χ3v) is 4.86. The Kier molecular flexibility index (Phi) is 4.91. The molecule has 0 spiro atoms. The number of rotatable bonds is 2. The minimum absolute atomic E-state index is 0.0495. The van der Waals surface area contributed by atoms with E-state index in [1.54, 1.807) is 12.1 Å². The molecule has 4 heteroatoms. The summed E-state index contributed by atoms with van der Waals surface area (Å²) in [6.45, 7) is 2.26. The maximum absolute atomic E-state index is 12.6. The van der Waals surface area contributed by atoms with Crippen molar-refractivity contribution in [1.29, 1.82) is 0 Å². The molecule has 1 aromatic carbocycles. The SMILES string of the molecule is CC1CCCC(N(C)C(=O)c2cc(Cl)ccc2Br)C1. The monoisotopic (exact) mass is 343 g/mol. The molecule has 0 aromatic heterocycles. The zero-order valence-electron chi connectivity index (χ0n) is 11.3. The summed E-state index contributed by atoms with van der Waals surface area (Å²) < 4.78 is 0.803. The molecule has 19 heavy (non-hydrogen) atoms. The summed E-state index contributed by atoms with van der Waals surface area (Å²) in [4.78, 5) is 14.4. The summed E-state index contributed by atoms with van der Waals surface area (Å²) >= 11 is 9.41. The quantitative estimate of drug-likeness (QED) is 0.758. The van der Waals surface area contributed by atoms with Crippen LogP contribution in [0, 0.1) is 5.92 Å². The number of nitrogens with zero attached hydrogens (tertiary/aromatic N) is 1. The molecule has 1 saturated carbocycles. The molecule has 1 aliphatic rings. The number of halogens is 2. The molecule has 2 rings (SSSR count). The summed E-state index contributed by atoms with van der Waals surface area (Å²) in [5.74, 6) is 0.755. The Labute approximate surface area is 128 Å². The minimum Gasteiger partial charge on any atom is -0.339 e. The van der Waals surface area contributed by atoms with Crippen LogP contribution in [0.1, 0.15) is 43.0 Å². The van der Waals surface area contributed by atoms with Gasteiger partial charge in [0.15, 0.2) is 0 Å². The second-order valence-corrected chi connectivity index (χ2v) is 6.76. The van der Waals surface area contributed by atoms with Crippen LogP contribution in [0.5, 0.6) is 0 Å². The molecule has 0 radical (unpaired) electrons. The number of hydrogen-bond acceptors (Lipinski definition) is 1. The van der Waals surface area contributed by atoms with Crippen molar-refractivity contribution in [3.05, 3.63) is 33.3 Å². The average molecular weight is 345 g/mol. The van der Waals surface area contributed by atoms with Gasteiger partial charge in [-0.2, -0.15) is 0 Å². The number of benzene rings is 1. The highest BCUT2D eigenvalue weighted by atomic mass is 79.9. The Balaban J connectivity index is 2.16. The van der Waals surface area contributed by atoms with Gasteiger partial charge in [0.1, 0.15) is 0 Å². The molecule has 0 N–H and O–H groups in total. The first-order valence-corrected chi connectivity index (χ1v) is 7.88. The van der Waals surface area contributed by atoms with Crippen molar-refractivity contribution in [2.24, 2.45) is 5.92 Å². The van der Waals surface area contributed by atoms with Crippen molar-refractivity contribution in [2.75, 3.05) is 7.05 Å². The van der Waals surface area contributed by atoms with Gasteiger partial charge in [-0.05, 0) is 52.9 Å². The molecule has 2 unspecified atom stereocenters. The highest BCUT2D eigenvalue weighted by Crippen LogP contribution is 2.29. The number of amides is 1. The van der Waals surface area contributed by atoms with E-state index in [1.807, 2.05) is 18.0 Å². The van der Waals surface area contributed by atoms with E-state index >= 15 is 0 Å². The number of hydrogen-bond donors (Lipinski definition) is 0. The van der Waals surface area contributed by atoms with Gasteiger partial charge in [-0.25, -0.2) is 0 Å². The van der Waals surface area contributed by atoms with Crippen LogP contribution in [0.15, 0.2) is 22.7 Å². The lowest BCUT2D eigenvalue weighted by Gasteiger charge is -2.34. The van der Waals surface area contributed by atoms with Crippen molar-refractivity contribution in [2.45, 2.75) is 38.6 Å². The van der Waals surface area contributed by atoms with Crippen LogP contribution in [-0.2, 0) is 0 Å². The highest BCUT2D eigenvalue weighted by Gasteiger charge is 2.26. The molecule has 0 aliphatic heterocycles. The van der Waals surface area contributed by atoms with Gasteiger partial charge in [-0.1, -0.05) is 31.4 Å². The van der Waals surface area contributed by atoms with Crippen molar-refractivity contribution in [3.8, 4) is 0 Å². The largest absolute Gasteiger partial charge is 0.339 e. The van der Waals surface area contributed by atoms with Gasteiger partial charge in [0, 0.05) is 22.6 Å². The van der Waals surface area contributed by atoms with Gasteiger partial charge in [-0.15, -0.1) is 0 Å². The first-order valence-electron chi connectivity index (χ1n) is 6.71. The molecule has 1 aromatic rings. The lowest BCUT2D eigenvalue weighted by molar-refractivity contribution is 0.0671. The van der Waals surface area contributed by atoms with Crippen LogP contribution in [0.25, 0.3) is 0 Å². The predicted octanol–water partition coefficient (Wildman–Crippen LogP) is 4.75. The Hall–Kier alpha value is -0.540. The zero-order chi connectivity index (χ0) is 14.0. The first kappa shape index (κ1) is 14.9. The minimum atomic E-state index is 0.0495. The van der Waals surface area contributed by atoms with Gasteiger partial charge in [0.2, 0.25) is 0 Å². The van der Waals surface area contributed by atoms with Crippen LogP contribution >= 0.6 is 27.5 Å². The Bertz CT molecular complexity index is 477. The van der Waals surface area contributed by atoms with E-state index in [-0.39, 0.29) is 5.91 Å². The van der Waals surface area contributed by atoms with E-state index < -0.39 is 0 Å². The van der Waals surface area contributed by atoms with Crippen molar-refractivity contribution < 1.29 is 4.79 Å². The molecule has 0 saturated heterocycles. The molecule has 104 valence electrons. The van der Waals surface area contributed by atoms with Gasteiger partial charge >= 0.3 is 0 Å². The van der Waals surface area contributed by atoms with Crippen LogP contribution < -0.4 is 0 Å². The van der Waals surface area contributed by atoms with Crippen molar-refractivity contribution in [1.82, 2.24) is 4.90 Å². The van der Waals surface area contributed by atoms with E-state index in [4.69, 9.17) is 11.6 Å². The summed E-state index contributed by atoms with van der Waals surface area (Å²) in [6, 6.07) is 5.69. The third-order valence-electron chi connectivity index (χ3n) is 3.94. The normalized spacial score (nSPS) is 23.2. The van der Waals surface area contributed by atoms with Crippen molar-refractivity contribution >= 4 is 33.4 Å². The number of carbonyl (C=O) groups excluding carboxylic acids is 1. The van der Waals surface area contributed by atoms with Crippen LogP contribution in [0.4, 0.5) is 0 Å². The molecule has 1 fully saturated rings. The van der Waals surface area contributed by atoms with E-state index in [0.717, 1.165) is 17.3 Å². The van der Waals surface area contributed by atoms with E-state index in [1.165, 1.54) is 12.8 Å². The Morgan fingerprint density at radius 1 is 1.42 bits per heavy atom. The molecule has 0 bridgehead atoms. The third kappa shape index (κ3) is 3.51. The van der Waals surface area contributed by atoms with Gasteiger partial charge in [-0.3, -0.25) is 4.79 Å². The smallest absolute Gasteiger partial charge is 0.255 e. The molecular weight excluding hydrogens is 326 g/mol. The first-order chi connectivity index (χ1) is 8.99. The second-order valence-electron chi connectivity index (χ2n) is 5.47. The van der Waals surface area contributed by atoms with E-state index in [2.05, 4.69) is 22.9 Å². The highest BCUT2D eigenvalue weighted by molar-refractivity contribution is 9.10. The molecule has 2 atom stereocenters. The fourth-order valence-corrected chi connectivity index (χ4v) is 3.36. The molecular formula is C15H19BrClNO. The maximum Gasteiger partial charge on any atom is 0.255 e. The summed E-state index contributed by atoms with van der Waals surface area (Å²) in [5, 5.41) is 0.594. The molecule has 1 aliphatic carbocycles. The van der Waals surface area contributed by atoms with Crippen molar-refractivity contribution in [3.63, 3.8) is 0 Å². The summed E-state index contributed by atoms with van der Waals surface area (Å²) in [6.07, 6.45) is 4.69. The summed E-state index contributed by atoms with van der Waals surface area (Å²) in [7, 11) is 1.90. The van der Waals surface area contributed by atoms with E-state index in [9.17, 15) is 4.79 Å². The average Bonchev–Trinajstić information content (AvgIpc) is 2.40. The fraction of sp³-hybridized carbons (Fsp3) is 0.533. The molecule has 0 heterocycles. The Morgan fingerprint density at radius 3 is 2.84 bits per heavy atom. The van der Waals surface area contributed by atoms with Crippen LogP contribution in [-0.4, -0.2) is 23.9 Å². The molecule has 1 amide bonds.